The summed E-state index contributed by atoms with van der Waals surface area (Å²) in [5.41, 5.74) is 5.36. The van der Waals surface area contributed by atoms with Crippen molar-refractivity contribution in [2.75, 3.05) is 19.8 Å². The predicted octanol–water partition coefficient (Wildman–Crippen LogP) is 11.5. The molecule has 1 amide bonds. The highest BCUT2D eigenvalue weighted by Gasteiger charge is 2.27. The van der Waals surface area contributed by atoms with Crippen LogP contribution in [0.2, 0.25) is 0 Å². The van der Waals surface area contributed by atoms with Crippen LogP contribution in [0.4, 0.5) is 0 Å². The molecule has 0 aliphatic carbocycles. The van der Waals surface area contributed by atoms with E-state index in [9.17, 15) is 24.5 Å². The number of allylic oxidation sites excluding steroid dienone is 3. The summed E-state index contributed by atoms with van der Waals surface area (Å²) in [5.74, 6) is -0.450. The van der Waals surface area contributed by atoms with Crippen molar-refractivity contribution in [3.63, 3.8) is 0 Å². The van der Waals surface area contributed by atoms with E-state index in [0.717, 1.165) is 51.4 Å². The summed E-state index contributed by atoms with van der Waals surface area (Å²) in [6, 6.07) is -0.982. The summed E-state index contributed by atoms with van der Waals surface area (Å²) in [6.07, 6.45) is 42.6. The highest BCUT2D eigenvalue weighted by Crippen LogP contribution is 2.43. The van der Waals surface area contributed by atoms with Crippen LogP contribution >= 0.6 is 7.82 Å². The van der Waals surface area contributed by atoms with E-state index in [1.54, 1.807) is 6.08 Å². The van der Waals surface area contributed by atoms with Crippen LogP contribution in [0.25, 0.3) is 0 Å². The fourth-order valence-corrected chi connectivity index (χ4v) is 7.40. The first kappa shape index (κ1) is 52.9. The molecule has 0 bridgehead atoms. The SMILES string of the molecule is CCCCCCCCCCC/C=C\CCCCCCCC(O)CC(=O)NC(COP(=O)(O)OCCN)C(O)/C=C/CCCCCCCCCCCCCC. The Balaban J connectivity index is 4.29. The van der Waals surface area contributed by atoms with Crippen LogP contribution in [-0.2, 0) is 18.4 Å². The average Bonchev–Trinajstić information content (AvgIpc) is 3.15. The van der Waals surface area contributed by atoms with Gasteiger partial charge in [0.05, 0.1) is 37.9 Å². The van der Waals surface area contributed by atoms with Crippen molar-refractivity contribution >= 4 is 13.7 Å². The van der Waals surface area contributed by atoms with E-state index in [2.05, 4.69) is 31.3 Å². The predicted molar refractivity (Wildman–Crippen MR) is 227 cm³/mol. The number of phosphoric ester groups is 1. The molecule has 320 valence electrons. The number of carbonyl (C=O) groups is 1. The summed E-state index contributed by atoms with van der Waals surface area (Å²) in [7, 11) is -4.40. The van der Waals surface area contributed by atoms with Gasteiger partial charge in [0.1, 0.15) is 0 Å². The standard InChI is InChI=1S/C44H87N2O7P/c1-3-5-7-9-11-13-15-17-19-20-21-22-23-25-27-29-31-33-35-41(47)39-44(49)46-42(40-53-54(50,51)52-38-37-45)43(48)36-34-32-30-28-26-24-18-16-14-12-10-8-6-4-2/h21-22,34,36,41-43,47-48H,3-20,23-33,35,37-40,45H2,1-2H3,(H,46,49)(H,50,51)/b22-21-,36-34+. The van der Waals surface area contributed by atoms with Gasteiger partial charge in [0, 0.05) is 6.54 Å². The molecule has 0 saturated heterocycles. The van der Waals surface area contributed by atoms with Crippen molar-refractivity contribution < 1.29 is 33.5 Å². The molecular weight excluding hydrogens is 699 g/mol. The first-order valence-corrected chi connectivity index (χ1v) is 24.0. The molecule has 0 radical (unpaired) electrons. The average molecular weight is 787 g/mol. The Kier molecular flexibility index (Phi) is 39.4. The molecular formula is C44H87N2O7P. The van der Waals surface area contributed by atoms with Crippen molar-refractivity contribution in [2.24, 2.45) is 5.73 Å². The van der Waals surface area contributed by atoms with Gasteiger partial charge in [-0.1, -0.05) is 186 Å². The molecule has 0 aromatic carbocycles. The molecule has 0 aromatic rings. The van der Waals surface area contributed by atoms with Gasteiger partial charge < -0.3 is 26.2 Å². The number of hydrogen-bond acceptors (Lipinski definition) is 7. The molecule has 4 unspecified atom stereocenters. The van der Waals surface area contributed by atoms with E-state index in [1.807, 2.05) is 6.08 Å². The van der Waals surface area contributed by atoms with Crippen LogP contribution in [0.5, 0.6) is 0 Å². The van der Waals surface area contributed by atoms with Crippen molar-refractivity contribution in [3.8, 4) is 0 Å². The summed E-state index contributed by atoms with van der Waals surface area (Å²) < 4.78 is 22.1. The molecule has 54 heavy (non-hydrogen) atoms. The van der Waals surface area contributed by atoms with Gasteiger partial charge in [-0.05, 0) is 44.9 Å². The summed E-state index contributed by atoms with van der Waals surface area (Å²) in [5, 5.41) is 24.1. The van der Waals surface area contributed by atoms with E-state index < -0.39 is 38.6 Å². The van der Waals surface area contributed by atoms with Gasteiger partial charge in [0.25, 0.3) is 0 Å². The summed E-state index contributed by atoms with van der Waals surface area (Å²) in [4.78, 5) is 22.8. The first-order valence-electron chi connectivity index (χ1n) is 22.5. The molecule has 0 rings (SSSR count). The van der Waals surface area contributed by atoms with Gasteiger partial charge in [-0.15, -0.1) is 0 Å². The number of hydrogen-bond donors (Lipinski definition) is 5. The number of carbonyl (C=O) groups excluding carboxylic acids is 1. The molecule has 0 aromatic heterocycles. The minimum atomic E-state index is -4.40. The lowest BCUT2D eigenvalue weighted by Crippen LogP contribution is -2.46. The third-order valence-electron chi connectivity index (χ3n) is 10.1. The third kappa shape index (κ3) is 37.8. The van der Waals surface area contributed by atoms with Crippen molar-refractivity contribution in [2.45, 2.75) is 231 Å². The van der Waals surface area contributed by atoms with E-state index in [4.69, 9.17) is 14.8 Å². The summed E-state index contributed by atoms with van der Waals surface area (Å²) >= 11 is 0. The Morgan fingerprint density at radius 3 is 1.48 bits per heavy atom. The molecule has 0 fully saturated rings. The van der Waals surface area contributed by atoms with Crippen LogP contribution in [0.15, 0.2) is 24.3 Å². The smallest absolute Gasteiger partial charge is 0.393 e. The Morgan fingerprint density at radius 2 is 1.04 bits per heavy atom. The highest BCUT2D eigenvalue weighted by molar-refractivity contribution is 7.47. The second-order valence-electron chi connectivity index (χ2n) is 15.4. The Hall–Kier alpha value is -1.06. The van der Waals surface area contributed by atoms with E-state index in [0.29, 0.717) is 6.42 Å². The molecule has 0 saturated carbocycles. The molecule has 0 aliphatic heterocycles. The first-order chi connectivity index (χ1) is 26.3. The van der Waals surface area contributed by atoms with Gasteiger partial charge in [0.2, 0.25) is 5.91 Å². The Bertz CT molecular complexity index is 919. The monoisotopic (exact) mass is 787 g/mol. The molecule has 9 nitrogen and oxygen atoms in total. The maximum atomic E-state index is 12.8. The molecule has 4 atom stereocenters. The largest absolute Gasteiger partial charge is 0.472 e. The number of nitrogens with two attached hydrogens (primary N) is 1. The van der Waals surface area contributed by atoms with E-state index in [-0.39, 0.29) is 19.6 Å². The zero-order valence-electron chi connectivity index (χ0n) is 35.1. The number of phosphoric acid groups is 1. The second-order valence-corrected chi connectivity index (χ2v) is 16.9. The van der Waals surface area contributed by atoms with Gasteiger partial charge in [-0.25, -0.2) is 4.57 Å². The van der Waals surface area contributed by atoms with Crippen LogP contribution in [0.1, 0.15) is 213 Å². The third-order valence-corrected chi connectivity index (χ3v) is 11.1. The van der Waals surface area contributed by atoms with Crippen LogP contribution in [0.3, 0.4) is 0 Å². The number of nitrogens with one attached hydrogen (secondary N) is 1. The molecule has 0 aliphatic rings. The number of aliphatic hydroxyl groups excluding tert-OH is 2. The molecule has 0 heterocycles. The summed E-state index contributed by atoms with van der Waals surface area (Å²) in [6.45, 7) is 3.97. The highest BCUT2D eigenvalue weighted by atomic mass is 31.2. The maximum absolute atomic E-state index is 12.8. The normalized spacial score (nSPS) is 14.9. The number of amides is 1. The quantitative estimate of drug-likeness (QED) is 0.0233. The second kappa shape index (κ2) is 40.1. The lowest BCUT2D eigenvalue weighted by atomic mass is 10.0. The van der Waals surface area contributed by atoms with E-state index in [1.165, 1.54) is 135 Å². The number of rotatable bonds is 42. The van der Waals surface area contributed by atoms with Gasteiger partial charge in [-0.2, -0.15) is 0 Å². The minimum absolute atomic E-state index is 0.0489. The fraction of sp³-hybridized carbons (Fsp3) is 0.886. The maximum Gasteiger partial charge on any atom is 0.472 e. The minimum Gasteiger partial charge on any atom is -0.393 e. The molecule has 6 N–H and O–H groups in total. The lowest BCUT2D eigenvalue weighted by Gasteiger charge is -2.24. The van der Waals surface area contributed by atoms with Crippen LogP contribution in [0, 0.1) is 0 Å². The zero-order chi connectivity index (χ0) is 39.8. The Morgan fingerprint density at radius 1 is 0.630 bits per heavy atom. The van der Waals surface area contributed by atoms with Gasteiger partial charge in [-0.3, -0.25) is 13.8 Å². The van der Waals surface area contributed by atoms with Crippen molar-refractivity contribution in [1.82, 2.24) is 5.32 Å². The van der Waals surface area contributed by atoms with E-state index >= 15 is 0 Å². The molecule has 0 spiro atoms. The zero-order valence-corrected chi connectivity index (χ0v) is 36.0. The Labute approximate surface area is 332 Å². The van der Waals surface area contributed by atoms with Crippen LogP contribution in [-0.4, -0.2) is 59.0 Å². The van der Waals surface area contributed by atoms with Crippen molar-refractivity contribution in [1.29, 1.82) is 0 Å². The van der Waals surface area contributed by atoms with Crippen LogP contribution < -0.4 is 11.1 Å². The lowest BCUT2D eigenvalue weighted by molar-refractivity contribution is -0.124. The number of unbranched alkanes of at least 4 members (excludes halogenated alkanes) is 26. The number of aliphatic hydroxyl groups is 2. The topological polar surface area (TPSA) is 151 Å². The fourth-order valence-electron chi connectivity index (χ4n) is 6.64. The van der Waals surface area contributed by atoms with Gasteiger partial charge >= 0.3 is 7.82 Å². The van der Waals surface area contributed by atoms with Gasteiger partial charge in [0.15, 0.2) is 0 Å². The van der Waals surface area contributed by atoms with Crippen molar-refractivity contribution in [3.05, 3.63) is 24.3 Å². The molecule has 10 heteroatoms.